The van der Waals surface area contributed by atoms with Gasteiger partial charge in [0.2, 0.25) is 5.91 Å². The lowest BCUT2D eigenvalue weighted by atomic mass is 10.0. The van der Waals surface area contributed by atoms with E-state index in [1.54, 1.807) is 18.2 Å². The quantitative estimate of drug-likeness (QED) is 0.329. The second kappa shape index (κ2) is 9.16. The molecule has 3 heterocycles. The third-order valence-electron chi connectivity index (χ3n) is 7.78. The number of nitrogens with one attached hydrogen (secondary N) is 2. The van der Waals surface area contributed by atoms with Gasteiger partial charge in [-0.2, -0.15) is 5.10 Å². The van der Waals surface area contributed by atoms with Crippen molar-refractivity contribution >= 4 is 49.6 Å². The zero-order valence-electron chi connectivity index (χ0n) is 20.7. The molecule has 1 saturated heterocycles. The van der Waals surface area contributed by atoms with E-state index in [1.807, 2.05) is 53.4 Å². The number of H-pyrrole nitrogens is 1. The summed E-state index contributed by atoms with van der Waals surface area (Å²) in [6.45, 7) is 1.03. The first kappa shape index (κ1) is 23.8. The summed E-state index contributed by atoms with van der Waals surface area (Å²) in [5, 5.41) is 11.6. The third kappa shape index (κ3) is 4.21. The lowest BCUT2D eigenvalue weighted by Gasteiger charge is -2.19. The highest BCUT2D eigenvalue weighted by Crippen LogP contribution is 2.46. The number of likely N-dealkylation sites (tertiary alicyclic amines) is 1. The number of nitrogens with zero attached hydrogens (tertiary/aromatic N) is 4. The molecule has 0 unspecified atom stereocenters. The van der Waals surface area contributed by atoms with Crippen LogP contribution in [0, 0.1) is 11.8 Å². The number of hydrogen-bond acceptors (Lipinski definition) is 5. The van der Waals surface area contributed by atoms with E-state index >= 15 is 0 Å². The van der Waals surface area contributed by atoms with Crippen molar-refractivity contribution < 1.29 is 9.59 Å². The molecule has 1 aliphatic carbocycles. The van der Waals surface area contributed by atoms with Crippen molar-refractivity contribution in [1.82, 2.24) is 30.0 Å². The van der Waals surface area contributed by atoms with E-state index in [-0.39, 0.29) is 41.8 Å². The molecule has 9 nitrogen and oxygen atoms in total. The maximum absolute atomic E-state index is 13.4. The average Bonchev–Trinajstić information content (AvgIpc) is 3.27. The molecule has 1 saturated carbocycles. The maximum Gasteiger partial charge on any atom is 0.275 e. The van der Waals surface area contributed by atoms with E-state index in [0.29, 0.717) is 29.7 Å². The molecule has 39 heavy (non-hydrogen) atoms. The average molecular weight is 583 g/mol. The Labute approximate surface area is 231 Å². The first-order valence-electron chi connectivity index (χ1n) is 12.7. The predicted octanol–water partition coefficient (Wildman–Crippen LogP) is 3.59. The molecule has 2 aliphatic rings. The standard InChI is InChI=1S/C29H23BrN6O3/c30-18-7-8-19-24(11-18)31-15-36(28(19)38)14-25(37)32-26-21-12-35(13-22(21)26)29(39)27-20-10-17(6-9-23(20)33-34-27)16-4-2-1-3-5-16/h1-11,15,21-22,26H,12-14H2,(H,32,37)(H,33,34)/t21-,22-/m1/s1. The first-order valence-corrected chi connectivity index (χ1v) is 13.5. The fraction of sp³-hybridized carbons (Fsp3) is 0.207. The number of benzene rings is 3. The topological polar surface area (TPSA) is 113 Å². The van der Waals surface area contributed by atoms with Crippen molar-refractivity contribution in [2.45, 2.75) is 12.6 Å². The van der Waals surface area contributed by atoms with Crippen LogP contribution in [0.1, 0.15) is 10.5 Å². The number of rotatable bonds is 5. The van der Waals surface area contributed by atoms with Crippen LogP contribution < -0.4 is 10.9 Å². The summed E-state index contributed by atoms with van der Waals surface area (Å²) < 4.78 is 2.16. The molecule has 2 aromatic heterocycles. The molecule has 194 valence electrons. The molecule has 10 heteroatoms. The fourth-order valence-electron chi connectivity index (χ4n) is 5.67. The number of aromatic amines is 1. The van der Waals surface area contributed by atoms with Crippen molar-refractivity contribution in [2.24, 2.45) is 11.8 Å². The summed E-state index contributed by atoms with van der Waals surface area (Å²) in [6.07, 6.45) is 1.40. The molecule has 7 rings (SSSR count). The van der Waals surface area contributed by atoms with Crippen LogP contribution in [0.4, 0.5) is 0 Å². The number of fused-ring (bicyclic) bond motifs is 3. The number of aromatic nitrogens is 4. The first-order chi connectivity index (χ1) is 19.0. The van der Waals surface area contributed by atoms with E-state index in [4.69, 9.17) is 0 Å². The molecule has 1 aliphatic heterocycles. The lowest BCUT2D eigenvalue weighted by molar-refractivity contribution is -0.122. The summed E-state index contributed by atoms with van der Waals surface area (Å²) in [6, 6.07) is 21.3. The van der Waals surface area contributed by atoms with Gasteiger partial charge in [-0.05, 0) is 41.5 Å². The van der Waals surface area contributed by atoms with Crippen LogP contribution in [0.15, 0.2) is 82.3 Å². The van der Waals surface area contributed by atoms with E-state index in [0.717, 1.165) is 26.5 Å². The van der Waals surface area contributed by atoms with Crippen LogP contribution >= 0.6 is 15.9 Å². The highest BCUT2D eigenvalue weighted by Gasteiger charge is 2.57. The van der Waals surface area contributed by atoms with Gasteiger partial charge in [0.25, 0.3) is 11.5 Å². The van der Waals surface area contributed by atoms with E-state index in [1.165, 1.54) is 10.9 Å². The minimum atomic E-state index is -0.253. The third-order valence-corrected chi connectivity index (χ3v) is 8.28. The second-order valence-corrected chi connectivity index (χ2v) is 11.1. The summed E-state index contributed by atoms with van der Waals surface area (Å²) in [5.74, 6) is 0.0575. The molecule has 5 aromatic rings. The normalized spacial score (nSPS) is 19.8. The van der Waals surface area contributed by atoms with Gasteiger partial charge in [0, 0.05) is 40.8 Å². The number of carbonyl (C=O) groups excluding carboxylic acids is 2. The van der Waals surface area contributed by atoms with Crippen molar-refractivity contribution in [3.05, 3.63) is 93.6 Å². The van der Waals surface area contributed by atoms with E-state index in [9.17, 15) is 14.4 Å². The van der Waals surface area contributed by atoms with Gasteiger partial charge >= 0.3 is 0 Å². The monoisotopic (exact) mass is 582 g/mol. The predicted molar refractivity (Wildman–Crippen MR) is 150 cm³/mol. The molecule has 2 atom stereocenters. The minimum absolute atomic E-state index is 0.00207. The molecule has 0 spiro atoms. The van der Waals surface area contributed by atoms with Crippen LogP contribution in [-0.2, 0) is 11.3 Å². The Morgan fingerprint density at radius 2 is 1.77 bits per heavy atom. The summed E-state index contributed by atoms with van der Waals surface area (Å²) in [4.78, 5) is 45.0. The zero-order chi connectivity index (χ0) is 26.7. The van der Waals surface area contributed by atoms with Gasteiger partial charge in [0.1, 0.15) is 6.54 Å². The second-order valence-electron chi connectivity index (χ2n) is 10.2. The molecule has 2 amide bonds. The zero-order valence-corrected chi connectivity index (χ0v) is 22.3. The van der Waals surface area contributed by atoms with Crippen molar-refractivity contribution in [2.75, 3.05) is 13.1 Å². The molecule has 2 N–H and O–H groups in total. The Bertz CT molecular complexity index is 1820. The Kier molecular flexibility index (Phi) is 5.59. The molecule has 0 bridgehead atoms. The smallest absolute Gasteiger partial charge is 0.275 e. The van der Waals surface area contributed by atoms with Gasteiger partial charge in [-0.3, -0.25) is 24.0 Å². The number of piperidine rings is 1. The highest BCUT2D eigenvalue weighted by molar-refractivity contribution is 9.10. The molecule has 2 fully saturated rings. The SMILES string of the molecule is O=C(Cn1cnc2cc(Br)ccc2c1=O)NC1[C@@H]2CN(C(=O)c3n[nH]c4ccc(-c5ccccc5)cc34)C[C@@H]12. The van der Waals surface area contributed by atoms with Crippen molar-refractivity contribution in [1.29, 1.82) is 0 Å². The number of carbonyl (C=O) groups is 2. The van der Waals surface area contributed by atoms with Gasteiger partial charge in [-0.1, -0.05) is 52.3 Å². The Balaban J connectivity index is 1.00. The summed E-state index contributed by atoms with van der Waals surface area (Å²) in [5.41, 5.74) is 3.66. The van der Waals surface area contributed by atoms with Crippen molar-refractivity contribution in [3.8, 4) is 11.1 Å². The molecule has 3 aromatic carbocycles. The Morgan fingerprint density at radius 3 is 2.56 bits per heavy atom. The van der Waals surface area contributed by atoms with Crippen molar-refractivity contribution in [3.63, 3.8) is 0 Å². The lowest BCUT2D eigenvalue weighted by Crippen LogP contribution is -2.39. The molecular formula is C29H23BrN6O3. The van der Waals surface area contributed by atoms with Crippen LogP contribution in [0.2, 0.25) is 0 Å². The Hall–Kier alpha value is -4.31. The van der Waals surface area contributed by atoms with Crippen LogP contribution in [0.5, 0.6) is 0 Å². The van der Waals surface area contributed by atoms with Gasteiger partial charge < -0.3 is 10.2 Å². The number of hydrogen-bond donors (Lipinski definition) is 2. The van der Waals surface area contributed by atoms with Gasteiger partial charge in [0.05, 0.1) is 22.7 Å². The van der Waals surface area contributed by atoms with E-state index in [2.05, 4.69) is 36.4 Å². The number of amides is 2. The Morgan fingerprint density at radius 1 is 0.974 bits per heavy atom. The molecule has 0 radical (unpaired) electrons. The minimum Gasteiger partial charge on any atom is -0.351 e. The van der Waals surface area contributed by atoms with Crippen LogP contribution in [0.3, 0.4) is 0 Å². The highest BCUT2D eigenvalue weighted by atomic mass is 79.9. The van der Waals surface area contributed by atoms with Gasteiger partial charge in [0.15, 0.2) is 5.69 Å². The fourth-order valence-corrected chi connectivity index (χ4v) is 6.02. The maximum atomic E-state index is 13.4. The van der Waals surface area contributed by atoms with Crippen LogP contribution in [-0.4, -0.2) is 55.6 Å². The van der Waals surface area contributed by atoms with Crippen LogP contribution in [0.25, 0.3) is 32.9 Å². The number of halogens is 1. The summed E-state index contributed by atoms with van der Waals surface area (Å²) in [7, 11) is 0. The van der Waals surface area contributed by atoms with Gasteiger partial charge in [-0.25, -0.2) is 4.98 Å². The van der Waals surface area contributed by atoms with Gasteiger partial charge in [-0.15, -0.1) is 0 Å². The van der Waals surface area contributed by atoms with E-state index < -0.39 is 0 Å². The largest absolute Gasteiger partial charge is 0.351 e. The molecular weight excluding hydrogens is 560 g/mol. The summed E-state index contributed by atoms with van der Waals surface area (Å²) >= 11 is 3.38.